The van der Waals surface area contributed by atoms with Crippen molar-refractivity contribution >= 4 is 11.8 Å². The van der Waals surface area contributed by atoms with Crippen LogP contribution in [-0.4, -0.2) is 40.0 Å². The van der Waals surface area contributed by atoms with Crippen LogP contribution in [0.25, 0.3) is 0 Å². The zero-order valence-electron chi connectivity index (χ0n) is 15.4. The van der Waals surface area contributed by atoms with Gasteiger partial charge in [0.25, 0.3) is 5.69 Å². The van der Waals surface area contributed by atoms with E-state index >= 15 is 0 Å². The molecule has 0 unspecified atom stereocenters. The molecule has 0 saturated carbocycles. The van der Waals surface area contributed by atoms with E-state index in [-0.39, 0.29) is 11.6 Å². The molecule has 0 bridgehead atoms. The van der Waals surface area contributed by atoms with E-state index in [0.717, 1.165) is 29.7 Å². The fraction of sp³-hybridized carbons (Fsp3) is 0.389. The van der Waals surface area contributed by atoms with Crippen molar-refractivity contribution in [3.63, 3.8) is 0 Å². The summed E-state index contributed by atoms with van der Waals surface area (Å²) < 4.78 is 5.44. The largest absolute Gasteiger partial charge is 0.416 e. The molecule has 2 rings (SSSR count). The summed E-state index contributed by atoms with van der Waals surface area (Å²) in [6.07, 6.45) is 1.50. The van der Waals surface area contributed by atoms with Crippen molar-refractivity contribution in [1.82, 2.24) is 14.9 Å². The summed E-state index contributed by atoms with van der Waals surface area (Å²) in [5, 5.41) is 10.8. The Labute approximate surface area is 152 Å². The first-order valence-corrected chi connectivity index (χ1v) is 8.30. The molecule has 1 aromatic carbocycles. The molecule has 138 valence electrons. The maximum absolute atomic E-state index is 12.0. The average Bonchev–Trinajstić information content (AvgIpc) is 2.58. The summed E-state index contributed by atoms with van der Waals surface area (Å²) in [6.45, 7) is 3.79. The van der Waals surface area contributed by atoms with Crippen LogP contribution in [0.1, 0.15) is 36.0 Å². The van der Waals surface area contributed by atoms with E-state index in [1.54, 1.807) is 33.2 Å². The molecular weight excluding hydrogens is 336 g/mol. The molecule has 0 spiro atoms. The highest BCUT2D eigenvalue weighted by atomic mass is 16.6. The number of carbonyl (C=O) groups excluding carboxylic acids is 1. The molecule has 0 N–H and O–H groups in total. The van der Waals surface area contributed by atoms with Crippen LogP contribution in [0.3, 0.4) is 0 Å². The first kappa shape index (κ1) is 19.3. The Hall–Kier alpha value is -3.03. The summed E-state index contributed by atoms with van der Waals surface area (Å²) >= 11 is 0. The predicted octanol–water partition coefficient (Wildman–Crippen LogP) is 3.30. The third-order valence-corrected chi connectivity index (χ3v) is 3.73. The van der Waals surface area contributed by atoms with Crippen LogP contribution in [0, 0.1) is 17.0 Å². The van der Waals surface area contributed by atoms with Gasteiger partial charge in [0.15, 0.2) is 0 Å². The van der Waals surface area contributed by atoms with E-state index in [2.05, 4.69) is 9.97 Å². The lowest BCUT2D eigenvalue weighted by molar-refractivity contribution is -0.384. The lowest BCUT2D eigenvalue weighted by atomic mass is 10.0. The van der Waals surface area contributed by atoms with E-state index in [9.17, 15) is 14.9 Å². The van der Waals surface area contributed by atoms with E-state index in [1.165, 1.54) is 17.0 Å². The van der Waals surface area contributed by atoms with Gasteiger partial charge >= 0.3 is 6.09 Å². The lowest BCUT2D eigenvalue weighted by Gasteiger charge is -2.16. The highest BCUT2D eigenvalue weighted by Crippen LogP contribution is 2.25. The summed E-state index contributed by atoms with van der Waals surface area (Å²) in [6, 6.07) is 6.28. The molecule has 0 radical (unpaired) electrons. The number of hydrogen-bond acceptors (Lipinski definition) is 6. The first-order chi connectivity index (χ1) is 12.3. The molecule has 0 aliphatic heterocycles. The third-order valence-electron chi connectivity index (χ3n) is 3.73. The molecule has 1 heterocycles. The van der Waals surface area contributed by atoms with Crippen molar-refractivity contribution in [2.24, 2.45) is 0 Å². The summed E-state index contributed by atoms with van der Waals surface area (Å²) in [5.41, 5.74) is 2.42. The smallest absolute Gasteiger partial charge is 0.391 e. The van der Waals surface area contributed by atoms with E-state index < -0.39 is 11.0 Å². The molecule has 0 aliphatic rings. The van der Waals surface area contributed by atoms with Crippen molar-refractivity contribution in [2.75, 3.05) is 14.1 Å². The van der Waals surface area contributed by atoms with Crippen LogP contribution < -0.4 is 4.74 Å². The fourth-order valence-corrected chi connectivity index (χ4v) is 2.44. The monoisotopic (exact) mass is 358 g/mol. The lowest BCUT2D eigenvalue weighted by Crippen LogP contribution is -2.26. The number of nitro benzene ring substituents is 1. The standard InChI is InChI=1S/C18H22N4O4/c1-5-6-16-15(11-13-7-9-14(10-8-13)22(24)25)17(20-12(2)19-16)26-18(23)21(3)4/h7-10H,5-6,11H2,1-4H3. The molecule has 0 aliphatic carbocycles. The van der Waals surface area contributed by atoms with Gasteiger partial charge in [-0.1, -0.05) is 25.5 Å². The number of benzene rings is 1. The molecule has 26 heavy (non-hydrogen) atoms. The maximum atomic E-state index is 12.0. The first-order valence-electron chi connectivity index (χ1n) is 8.30. The molecule has 2 aromatic rings. The Kier molecular flexibility index (Phi) is 6.21. The second-order valence-corrected chi connectivity index (χ2v) is 6.11. The van der Waals surface area contributed by atoms with Gasteiger partial charge in [0.2, 0.25) is 5.88 Å². The number of amides is 1. The number of ether oxygens (including phenoxy) is 1. The molecule has 8 heteroatoms. The van der Waals surface area contributed by atoms with Crippen molar-refractivity contribution in [2.45, 2.75) is 33.1 Å². The van der Waals surface area contributed by atoms with Crippen molar-refractivity contribution in [1.29, 1.82) is 0 Å². The number of hydrogen-bond donors (Lipinski definition) is 0. The minimum absolute atomic E-state index is 0.0296. The number of nitro groups is 1. The number of aryl methyl sites for hydroxylation is 2. The van der Waals surface area contributed by atoms with Gasteiger partial charge in [0.05, 0.1) is 10.6 Å². The Morgan fingerprint density at radius 2 is 1.88 bits per heavy atom. The molecule has 0 atom stereocenters. The fourth-order valence-electron chi connectivity index (χ4n) is 2.44. The predicted molar refractivity (Wildman–Crippen MR) is 96.4 cm³/mol. The van der Waals surface area contributed by atoms with Gasteiger partial charge in [-0.25, -0.2) is 9.78 Å². The van der Waals surface area contributed by atoms with Gasteiger partial charge < -0.3 is 9.64 Å². The van der Waals surface area contributed by atoms with Crippen LogP contribution in [0.4, 0.5) is 10.5 Å². The molecule has 1 aromatic heterocycles. The van der Waals surface area contributed by atoms with Crippen LogP contribution in [0.15, 0.2) is 24.3 Å². The molecule has 1 amide bonds. The topological polar surface area (TPSA) is 98.5 Å². The normalized spacial score (nSPS) is 10.5. The number of aromatic nitrogens is 2. The molecule has 0 fully saturated rings. The van der Waals surface area contributed by atoms with Crippen LogP contribution in [0.5, 0.6) is 5.88 Å². The summed E-state index contributed by atoms with van der Waals surface area (Å²) in [4.78, 5) is 32.5. The zero-order chi connectivity index (χ0) is 19.3. The molecule has 8 nitrogen and oxygen atoms in total. The highest BCUT2D eigenvalue weighted by molar-refractivity contribution is 5.70. The highest BCUT2D eigenvalue weighted by Gasteiger charge is 2.19. The van der Waals surface area contributed by atoms with Gasteiger partial charge in [0.1, 0.15) is 5.82 Å². The van der Waals surface area contributed by atoms with Gasteiger partial charge in [-0.3, -0.25) is 10.1 Å². The zero-order valence-corrected chi connectivity index (χ0v) is 15.4. The van der Waals surface area contributed by atoms with Gasteiger partial charge in [-0.2, -0.15) is 4.98 Å². The van der Waals surface area contributed by atoms with Crippen LogP contribution >= 0.6 is 0 Å². The Balaban J connectivity index is 2.42. The van der Waals surface area contributed by atoms with E-state index in [1.807, 2.05) is 6.92 Å². The van der Waals surface area contributed by atoms with Crippen LogP contribution in [0.2, 0.25) is 0 Å². The second kappa shape index (κ2) is 8.37. The number of non-ortho nitro benzene ring substituents is 1. The Bertz CT molecular complexity index is 804. The van der Waals surface area contributed by atoms with Gasteiger partial charge in [0, 0.05) is 38.2 Å². The number of nitrogens with zero attached hydrogens (tertiary/aromatic N) is 4. The summed E-state index contributed by atoms with van der Waals surface area (Å²) in [5.74, 6) is 0.764. The van der Waals surface area contributed by atoms with Gasteiger partial charge in [-0.15, -0.1) is 0 Å². The van der Waals surface area contributed by atoms with Crippen molar-refractivity contribution in [3.05, 3.63) is 57.0 Å². The molecular formula is C18H22N4O4. The minimum Gasteiger partial charge on any atom is -0.391 e. The Morgan fingerprint density at radius 3 is 2.42 bits per heavy atom. The number of rotatable bonds is 6. The summed E-state index contributed by atoms with van der Waals surface area (Å²) in [7, 11) is 3.19. The number of carbonyl (C=O) groups is 1. The Morgan fingerprint density at radius 1 is 1.23 bits per heavy atom. The van der Waals surface area contributed by atoms with E-state index in [0.29, 0.717) is 12.2 Å². The van der Waals surface area contributed by atoms with Crippen LogP contribution in [-0.2, 0) is 12.8 Å². The SMILES string of the molecule is CCCc1nc(C)nc(OC(=O)N(C)C)c1Cc1ccc([N+](=O)[O-])cc1. The minimum atomic E-state index is -0.518. The molecule has 0 saturated heterocycles. The third kappa shape index (κ3) is 4.75. The van der Waals surface area contributed by atoms with E-state index in [4.69, 9.17) is 4.74 Å². The van der Waals surface area contributed by atoms with Gasteiger partial charge in [-0.05, 0) is 18.9 Å². The van der Waals surface area contributed by atoms with Crippen molar-refractivity contribution in [3.8, 4) is 5.88 Å². The average molecular weight is 358 g/mol. The maximum Gasteiger partial charge on any atom is 0.416 e. The quantitative estimate of drug-likeness (QED) is 0.580. The second-order valence-electron chi connectivity index (χ2n) is 6.11. The van der Waals surface area contributed by atoms with Crippen molar-refractivity contribution < 1.29 is 14.5 Å².